The lowest BCUT2D eigenvalue weighted by atomic mass is 10.0. The third-order valence-corrected chi connectivity index (χ3v) is 2.90. The lowest BCUT2D eigenvalue weighted by Crippen LogP contribution is -2.07. The summed E-state index contributed by atoms with van der Waals surface area (Å²) >= 11 is 6.12. The van der Waals surface area contributed by atoms with Gasteiger partial charge in [-0.2, -0.15) is 5.10 Å². The minimum atomic E-state index is -0.868. The van der Waals surface area contributed by atoms with Gasteiger partial charge in [0.25, 0.3) is 0 Å². The molecule has 0 bridgehead atoms. The van der Waals surface area contributed by atoms with E-state index in [0.29, 0.717) is 10.6 Å². The first-order chi connectivity index (χ1) is 8.09. The highest BCUT2D eigenvalue weighted by atomic mass is 35.5. The summed E-state index contributed by atoms with van der Waals surface area (Å²) in [6.07, 6.45) is 3.44. The number of carbonyl (C=O) groups is 1. The van der Waals surface area contributed by atoms with Crippen LogP contribution >= 0.6 is 11.6 Å². The summed E-state index contributed by atoms with van der Waals surface area (Å²) < 4.78 is 1.64. The molecule has 1 aromatic carbocycles. The van der Waals surface area contributed by atoms with Gasteiger partial charge in [0.05, 0.1) is 16.6 Å². The van der Waals surface area contributed by atoms with E-state index in [-0.39, 0.29) is 0 Å². The van der Waals surface area contributed by atoms with Crippen LogP contribution in [0.15, 0.2) is 36.7 Å². The Labute approximate surface area is 103 Å². The zero-order valence-corrected chi connectivity index (χ0v) is 9.93. The van der Waals surface area contributed by atoms with Gasteiger partial charge in [0.15, 0.2) is 0 Å². The molecule has 0 fully saturated rings. The maximum atomic E-state index is 10.9. The fourth-order valence-electron chi connectivity index (χ4n) is 1.53. The average Bonchev–Trinajstić information content (AvgIpc) is 2.81. The normalized spacial score (nSPS) is 12.4. The molecular formula is C12H11ClN2O2. The van der Waals surface area contributed by atoms with Crippen LogP contribution in [0.2, 0.25) is 5.02 Å². The first kappa shape index (κ1) is 11.7. The van der Waals surface area contributed by atoms with Crippen molar-refractivity contribution in [3.63, 3.8) is 0 Å². The number of rotatable bonds is 3. The molecule has 0 aliphatic rings. The van der Waals surface area contributed by atoms with Gasteiger partial charge >= 0.3 is 5.97 Å². The van der Waals surface area contributed by atoms with Gasteiger partial charge in [-0.1, -0.05) is 17.7 Å². The summed E-state index contributed by atoms with van der Waals surface area (Å²) in [6.45, 7) is 1.63. The number of aromatic nitrogens is 2. The molecule has 0 amide bonds. The van der Waals surface area contributed by atoms with Crippen molar-refractivity contribution in [2.75, 3.05) is 0 Å². The molecule has 0 saturated carbocycles. The highest BCUT2D eigenvalue weighted by Gasteiger charge is 2.15. The van der Waals surface area contributed by atoms with Crippen molar-refractivity contribution < 1.29 is 9.90 Å². The molecule has 0 aliphatic carbocycles. The number of hydrogen-bond acceptors (Lipinski definition) is 2. The molecular weight excluding hydrogens is 240 g/mol. The highest BCUT2D eigenvalue weighted by Crippen LogP contribution is 2.25. The number of aliphatic carboxylic acids is 1. The maximum absolute atomic E-state index is 10.9. The molecule has 0 spiro atoms. The van der Waals surface area contributed by atoms with Crippen LogP contribution in [0.4, 0.5) is 0 Å². The lowest BCUT2D eigenvalue weighted by molar-refractivity contribution is -0.138. The van der Waals surface area contributed by atoms with Crippen LogP contribution in [-0.2, 0) is 4.79 Å². The summed E-state index contributed by atoms with van der Waals surface area (Å²) in [4.78, 5) is 10.9. The number of carboxylic acids is 1. The largest absolute Gasteiger partial charge is 0.481 e. The van der Waals surface area contributed by atoms with E-state index in [0.717, 1.165) is 5.69 Å². The monoisotopic (exact) mass is 250 g/mol. The minimum Gasteiger partial charge on any atom is -0.481 e. The van der Waals surface area contributed by atoms with Crippen molar-refractivity contribution in [3.05, 3.63) is 47.2 Å². The van der Waals surface area contributed by atoms with Gasteiger partial charge in [-0.15, -0.1) is 0 Å². The van der Waals surface area contributed by atoms with Crippen molar-refractivity contribution >= 4 is 17.6 Å². The second-order valence-corrected chi connectivity index (χ2v) is 4.13. The van der Waals surface area contributed by atoms with Gasteiger partial charge in [0.2, 0.25) is 0 Å². The molecule has 17 heavy (non-hydrogen) atoms. The first-order valence-corrected chi connectivity index (χ1v) is 5.49. The fraction of sp³-hybridized carbons (Fsp3) is 0.167. The molecule has 88 valence electrons. The quantitative estimate of drug-likeness (QED) is 0.911. The molecule has 5 heteroatoms. The number of benzene rings is 1. The van der Waals surface area contributed by atoms with Crippen LogP contribution in [0.25, 0.3) is 5.69 Å². The number of halogens is 1. The van der Waals surface area contributed by atoms with Crippen molar-refractivity contribution in [2.45, 2.75) is 12.8 Å². The van der Waals surface area contributed by atoms with E-state index in [1.807, 2.05) is 0 Å². The van der Waals surface area contributed by atoms with Gasteiger partial charge in [0, 0.05) is 12.4 Å². The molecule has 0 aliphatic heterocycles. The van der Waals surface area contributed by atoms with E-state index < -0.39 is 11.9 Å². The van der Waals surface area contributed by atoms with Crippen molar-refractivity contribution in [2.24, 2.45) is 0 Å². The topological polar surface area (TPSA) is 55.1 Å². The molecule has 0 saturated heterocycles. The third-order valence-electron chi connectivity index (χ3n) is 2.59. The van der Waals surface area contributed by atoms with E-state index in [9.17, 15) is 4.79 Å². The van der Waals surface area contributed by atoms with E-state index in [1.165, 1.54) is 0 Å². The minimum absolute atomic E-state index is 0.485. The van der Waals surface area contributed by atoms with Gasteiger partial charge in [0.1, 0.15) is 0 Å². The Morgan fingerprint density at radius 2 is 2.29 bits per heavy atom. The van der Waals surface area contributed by atoms with Gasteiger partial charge in [-0.05, 0) is 30.7 Å². The molecule has 1 heterocycles. The predicted octanol–water partition coefficient (Wildman–Crippen LogP) is 2.71. The van der Waals surface area contributed by atoms with Crippen molar-refractivity contribution in [3.8, 4) is 5.69 Å². The van der Waals surface area contributed by atoms with Crippen LogP contribution in [0, 0.1) is 0 Å². The fourth-order valence-corrected chi connectivity index (χ4v) is 1.81. The zero-order valence-electron chi connectivity index (χ0n) is 9.17. The Morgan fingerprint density at radius 1 is 1.53 bits per heavy atom. The second kappa shape index (κ2) is 4.59. The number of carboxylic acid groups (broad SMARTS) is 1. The van der Waals surface area contributed by atoms with E-state index in [2.05, 4.69) is 5.10 Å². The molecule has 1 aromatic heterocycles. The van der Waals surface area contributed by atoms with Crippen molar-refractivity contribution in [1.82, 2.24) is 9.78 Å². The van der Waals surface area contributed by atoms with Crippen LogP contribution < -0.4 is 0 Å². The molecule has 1 N–H and O–H groups in total. The molecule has 2 aromatic rings. The smallest absolute Gasteiger partial charge is 0.310 e. The van der Waals surface area contributed by atoms with E-state index in [1.54, 1.807) is 48.3 Å². The highest BCUT2D eigenvalue weighted by molar-refractivity contribution is 6.32. The standard InChI is InChI=1S/C12H11ClN2O2/c1-8(12(16)17)9-3-4-11(10(13)7-9)15-6-2-5-14-15/h2-8H,1H3,(H,16,17). The number of nitrogens with zero attached hydrogens (tertiary/aromatic N) is 2. The Hall–Kier alpha value is -1.81. The Bertz CT molecular complexity index is 537. The van der Waals surface area contributed by atoms with Crippen LogP contribution in [0.1, 0.15) is 18.4 Å². The summed E-state index contributed by atoms with van der Waals surface area (Å²) in [7, 11) is 0. The Morgan fingerprint density at radius 3 is 2.82 bits per heavy atom. The van der Waals surface area contributed by atoms with Crippen LogP contribution in [-0.4, -0.2) is 20.9 Å². The van der Waals surface area contributed by atoms with Crippen molar-refractivity contribution in [1.29, 1.82) is 0 Å². The molecule has 0 radical (unpaired) electrons. The summed E-state index contributed by atoms with van der Waals surface area (Å²) in [5.41, 5.74) is 1.41. The summed E-state index contributed by atoms with van der Waals surface area (Å²) in [6, 6.07) is 6.98. The van der Waals surface area contributed by atoms with E-state index in [4.69, 9.17) is 16.7 Å². The Balaban J connectivity index is 2.39. The lowest BCUT2D eigenvalue weighted by Gasteiger charge is -2.10. The number of hydrogen-bond donors (Lipinski definition) is 1. The molecule has 1 atom stereocenters. The van der Waals surface area contributed by atoms with Gasteiger partial charge < -0.3 is 5.11 Å². The zero-order chi connectivity index (χ0) is 12.4. The van der Waals surface area contributed by atoms with Gasteiger partial charge in [-0.3, -0.25) is 4.79 Å². The first-order valence-electron chi connectivity index (χ1n) is 5.12. The van der Waals surface area contributed by atoms with Gasteiger partial charge in [-0.25, -0.2) is 4.68 Å². The maximum Gasteiger partial charge on any atom is 0.310 e. The molecule has 1 unspecified atom stereocenters. The average molecular weight is 251 g/mol. The van der Waals surface area contributed by atoms with E-state index >= 15 is 0 Å². The Kier molecular flexibility index (Phi) is 3.15. The summed E-state index contributed by atoms with van der Waals surface area (Å²) in [5.74, 6) is -1.44. The molecule has 2 rings (SSSR count). The second-order valence-electron chi connectivity index (χ2n) is 3.72. The predicted molar refractivity (Wildman–Crippen MR) is 64.6 cm³/mol. The van der Waals surface area contributed by atoms with Crippen LogP contribution in [0.5, 0.6) is 0 Å². The SMILES string of the molecule is CC(C(=O)O)c1ccc(-n2cccn2)c(Cl)c1. The third kappa shape index (κ3) is 2.31. The van der Waals surface area contributed by atoms with Crippen LogP contribution in [0.3, 0.4) is 0 Å². The molecule has 4 nitrogen and oxygen atoms in total. The summed E-state index contributed by atoms with van der Waals surface area (Å²) in [5, 5.41) is 13.5.